The molecule has 6 heteroatoms. The second kappa shape index (κ2) is 4.44. The zero-order valence-electron chi connectivity index (χ0n) is 11.7. The van der Waals surface area contributed by atoms with Gasteiger partial charge in [-0.2, -0.15) is 5.10 Å². The van der Waals surface area contributed by atoms with Gasteiger partial charge in [-0.25, -0.2) is 9.50 Å². The normalized spacial score (nSPS) is 14.4. The lowest BCUT2D eigenvalue weighted by Gasteiger charge is -2.25. The average Bonchev–Trinajstić information content (AvgIpc) is 3.11. The Morgan fingerprint density at radius 2 is 2.29 bits per heavy atom. The van der Waals surface area contributed by atoms with Crippen molar-refractivity contribution >= 4 is 11.4 Å². The summed E-state index contributed by atoms with van der Waals surface area (Å²) >= 11 is 0. The summed E-state index contributed by atoms with van der Waals surface area (Å²) in [5, 5.41) is 4.28. The second-order valence-electron chi connectivity index (χ2n) is 5.40. The van der Waals surface area contributed by atoms with E-state index >= 15 is 0 Å². The summed E-state index contributed by atoms with van der Waals surface area (Å²) < 4.78 is 1.76. The van der Waals surface area contributed by atoms with Crippen LogP contribution in [0.5, 0.6) is 0 Å². The van der Waals surface area contributed by atoms with Gasteiger partial charge in [-0.1, -0.05) is 6.07 Å². The fraction of sp³-hybridized carbons (Fsp3) is 0.267. The van der Waals surface area contributed by atoms with Gasteiger partial charge in [-0.3, -0.25) is 4.79 Å². The number of carbonyl (C=O) groups is 1. The van der Waals surface area contributed by atoms with E-state index in [0.29, 0.717) is 18.7 Å². The third-order valence-corrected chi connectivity index (χ3v) is 3.96. The molecule has 1 amide bonds. The molecule has 0 saturated carbocycles. The van der Waals surface area contributed by atoms with E-state index in [4.69, 9.17) is 0 Å². The minimum Gasteiger partial charge on any atom is -0.347 e. The first kappa shape index (κ1) is 12.1. The molecule has 0 aromatic carbocycles. The van der Waals surface area contributed by atoms with Gasteiger partial charge in [-0.05, 0) is 18.6 Å². The molecule has 1 aliphatic rings. The molecule has 21 heavy (non-hydrogen) atoms. The smallest absolute Gasteiger partial charge is 0.258 e. The lowest BCUT2D eigenvalue weighted by Crippen LogP contribution is -2.36. The molecule has 0 bridgehead atoms. The quantitative estimate of drug-likeness (QED) is 0.736. The van der Waals surface area contributed by atoms with Crippen LogP contribution >= 0.6 is 0 Å². The second-order valence-corrected chi connectivity index (χ2v) is 5.40. The first-order valence-corrected chi connectivity index (χ1v) is 6.97. The van der Waals surface area contributed by atoms with E-state index in [1.54, 1.807) is 17.0 Å². The molecular formula is C15H15N5O. The number of fused-ring (bicyclic) bond motifs is 2. The Morgan fingerprint density at radius 3 is 3.19 bits per heavy atom. The number of aromatic nitrogens is 4. The maximum Gasteiger partial charge on any atom is 0.258 e. The maximum absolute atomic E-state index is 12.7. The monoisotopic (exact) mass is 281 g/mol. The summed E-state index contributed by atoms with van der Waals surface area (Å²) in [7, 11) is 0. The summed E-state index contributed by atoms with van der Waals surface area (Å²) in [5.41, 5.74) is 4.71. The van der Waals surface area contributed by atoms with E-state index in [-0.39, 0.29) is 5.91 Å². The van der Waals surface area contributed by atoms with Crippen molar-refractivity contribution in [3.63, 3.8) is 0 Å². The Hall–Kier alpha value is -2.63. The van der Waals surface area contributed by atoms with Gasteiger partial charge in [0.1, 0.15) is 0 Å². The molecule has 0 unspecified atom stereocenters. The summed E-state index contributed by atoms with van der Waals surface area (Å²) in [6, 6.07) is 3.94. The molecule has 0 spiro atoms. The molecule has 3 aromatic rings. The van der Waals surface area contributed by atoms with E-state index in [1.165, 1.54) is 0 Å². The zero-order chi connectivity index (χ0) is 14.4. The van der Waals surface area contributed by atoms with Gasteiger partial charge in [0, 0.05) is 19.2 Å². The minimum absolute atomic E-state index is 0.0223. The standard InChI is InChI=1S/C15H15N5O/c1-10-2-3-14-11(6-18-20(14)7-10)15(21)19-5-4-12-13(8-19)17-9-16-12/h2-3,6-7,9H,4-5,8H2,1H3,(H,16,17). The van der Waals surface area contributed by atoms with Gasteiger partial charge in [0.15, 0.2) is 0 Å². The van der Waals surface area contributed by atoms with E-state index in [9.17, 15) is 4.79 Å². The first-order valence-electron chi connectivity index (χ1n) is 6.97. The van der Waals surface area contributed by atoms with Crippen LogP contribution in [0.15, 0.2) is 30.9 Å². The molecule has 6 nitrogen and oxygen atoms in total. The Balaban J connectivity index is 1.68. The average molecular weight is 281 g/mol. The molecule has 1 aliphatic heterocycles. The Morgan fingerprint density at radius 1 is 1.38 bits per heavy atom. The number of amides is 1. The number of pyridine rings is 1. The number of rotatable bonds is 1. The maximum atomic E-state index is 12.7. The molecule has 0 fully saturated rings. The van der Waals surface area contributed by atoms with Gasteiger partial charge in [0.2, 0.25) is 0 Å². The Kier molecular flexibility index (Phi) is 2.57. The van der Waals surface area contributed by atoms with Crippen LogP contribution in [0, 0.1) is 6.92 Å². The van der Waals surface area contributed by atoms with E-state index in [1.807, 2.05) is 30.2 Å². The Labute approximate surface area is 121 Å². The number of aryl methyl sites for hydroxylation is 1. The molecule has 106 valence electrons. The summed E-state index contributed by atoms with van der Waals surface area (Å²) in [5.74, 6) is 0.0223. The van der Waals surface area contributed by atoms with Crippen molar-refractivity contribution in [3.8, 4) is 0 Å². The van der Waals surface area contributed by atoms with Crippen molar-refractivity contribution in [1.29, 1.82) is 0 Å². The number of H-pyrrole nitrogens is 1. The molecule has 1 N–H and O–H groups in total. The number of carbonyl (C=O) groups excluding carboxylic acids is 1. The molecule has 4 rings (SSSR count). The highest BCUT2D eigenvalue weighted by molar-refractivity contribution is 6.00. The van der Waals surface area contributed by atoms with Crippen LogP contribution in [0.2, 0.25) is 0 Å². The van der Waals surface area contributed by atoms with Crippen molar-refractivity contribution in [1.82, 2.24) is 24.5 Å². The van der Waals surface area contributed by atoms with E-state index < -0.39 is 0 Å². The first-order chi connectivity index (χ1) is 10.2. The van der Waals surface area contributed by atoms with Crippen molar-refractivity contribution in [2.24, 2.45) is 0 Å². The number of aromatic amines is 1. The minimum atomic E-state index is 0.0223. The van der Waals surface area contributed by atoms with Gasteiger partial charge >= 0.3 is 0 Å². The lowest BCUT2D eigenvalue weighted by atomic mass is 10.1. The highest BCUT2D eigenvalue weighted by Crippen LogP contribution is 2.20. The topological polar surface area (TPSA) is 66.3 Å². The fourth-order valence-electron chi connectivity index (χ4n) is 2.81. The zero-order valence-corrected chi connectivity index (χ0v) is 11.7. The highest BCUT2D eigenvalue weighted by atomic mass is 16.2. The summed E-state index contributed by atoms with van der Waals surface area (Å²) in [6.07, 6.45) is 6.06. The molecule has 4 heterocycles. The molecule has 0 saturated heterocycles. The number of hydrogen-bond acceptors (Lipinski definition) is 3. The van der Waals surface area contributed by atoms with Gasteiger partial charge in [-0.15, -0.1) is 0 Å². The molecule has 0 aliphatic carbocycles. The molecule has 0 radical (unpaired) electrons. The number of nitrogens with zero attached hydrogens (tertiary/aromatic N) is 4. The summed E-state index contributed by atoms with van der Waals surface area (Å²) in [4.78, 5) is 21.9. The Bertz CT molecular complexity index is 832. The van der Waals surface area contributed by atoms with Crippen LogP contribution in [0.4, 0.5) is 0 Å². The third kappa shape index (κ3) is 1.91. The molecule has 3 aromatic heterocycles. The summed E-state index contributed by atoms with van der Waals surface area (Å²) in [6.45, 7) is 3.28. The van der Waals surface area contributed by atoms with Crippen molar-refractivity contribution in [2.45, 2.75) is 19.9 Å². The SMILES string of the molecule is Cc1ccc2c(C(=O)N3CCc4nc[nH]c4C3)cnn2c1. The van der Waals surface area contributed by atoms with Gasteiger partial charge in [0.25, 0.3) is 5.91 Å². The van der Waals surface area contributed by atoms with E-state index in [2.05, 4.69) is 15.1 Å². The van der Waals surface area contributed by atoms with Gasteiger partial charge < -0.3 is 9.88 Å². The van der Waals surface area contributed by atoms with Crippen LogP contribution in [0.3, 0.4) is 0 Å². The largest absolute Gasteiger partial charge is 0.347 e. The molecule has 0 atom stereocenters. The van der Waals surface area contributed by atoms with Crippen LogP contribution in [0.25, 0.3) is 5.52 Å². The fourth-order valence-corrected chi connectivity index (χ4v) is 2.81. The number of imidazole rings is 1. The number of nitrogens with one attached hydrogen (secondary N) is 1. The van der Waals surface area contributed by atoms with Crippen molar-refractivity contribution in [3.05, 3.63) is 53.4 Å². The van der Waals surface area contributed by atoms with Crippen LogP contribution in [0.1, 0.15) is 27.3 Å². The number of hydrogen-bond donors (Lipinski definition) is 1. The molecular weight excluding hydrogens is 266 g/mol. The third-order valence-electron chi connectivity index (χ3n) is 3.96. The van der Waals surface area contributed by atoms with Crippen molar-refractivity contribution < 1.29 is 4.79 Å². The van der Waals surface area contributed by atoms with Crippen LogP contribution < -0.4 is 0 Å². The predicted octanol–water partition coefficient (Wildman–Crippen LogP) is 1.56. The van der Waals surface area contributed by atoms with Crippen LogP contribution in [-0.2, 0) is 13.0 Å². The van der Waals surface area contributed by atoms with Crippen molar-refractivity contribution in [2.75, 3.05) is 6.54 Å². The highest BCUT2D eigenvalue weighted by Gasteiger charge is 2.25. The van der Waals surface area contributed by atoms with E-state index in [0.717, 1.165) is 28.9 Å². The predicted molar refractivity (Wildman–Crippen MR) is 77.0 cm³/mol. The lowest BCUT2D eigenvalue weighted by molar-refractivity contribution is 0.0734. The van der Waals surface area contributed by atoms with Gasteiger partial charge in [0.05, 0.1) is 41.5 Å². The van der Waals surface area contributed by atoms with Crippen LogP contribution in [-0.4, -0.2) is 36.9 Å².